The number of pyridine rings is 1. The van der Waals surface area contributed by atoms with Gasteiger partial charge >= 0.3 is 0 Å². The van der Waals surface area contributed by atoms with Crippen molar-refractivity contribution in [3.8, 4) is 11.4 Å². The van der Waals surface area contributed by atoms with Crippen LogP contribution in [0, 0.1) is 0 Å². The van der Waals surface area contributed by atoms with Gasteiger partial charge in [0.05, 0.1) is 24.9 Å². The first-order valence-corrected chi connectivity index (χ1v) is 9.54. The fourth-order valence-electron chi connectivity index (χ4n) is 4.02. The van der Waals surface area contributed by atoms with Crippen LogP contribution in [0.5, 0.6) is 0 Å². The molecular formula is C20H21F2N5O. The second-order valence-electron chi connectivity index (χ2n) is 7.65. The zero-order chi connectivity index (χ0) is 19.3. The maximum Gasteiger partial charge on any atom is 0.249 e. The number of H-pyrrole nitrogens is 1. The highest BCUT2D eigenvalue weighted by Gasteiger charge is 2.47. The monoisotopic (exact) mass is 385 g/mol. The van der Waals surface area contributed by atoms with Gasteiger partial charge in [0.1, 0.15) is 11.5 Å². The Morgan fingerprint density at radius 1 is 1.25 bits per heavy atom. The number of nitrogens with one attached hydrogen (secondary N) is 1. The normalized spacial score (nSPS) is 22.4. The molecule has 0 aromatic carbocycles. The summed E-state index contributed by atoms with van der Waals surface area (Å²) in [5.74, 6) is -1.51. The van der Waals surface area contributed by atoms with Gasteiger partial charge in [-0.2, -0.15) is 0 Å². The fraction of sp³-hybridized carbons (Fsp3) is 0.450. The number of alkyl halides is 2. The molecule has 1 aliphatic heterocycles. The number of hydrogen-bond donors (Lipinski definition) is 1. The Bertz CT molecular complexity index is 1010. The highest BCUT2D eigenvalue weighted by atomic mass is 19.3. The Kier molecular flexibility index (Phi) is 4.04. The summed E-state index contributed by atoms with van der Waals surface area (Å²) in [5.41, 5.74) is 2.29. The van der Waals surface area contributed by atoms with Crippen molar-refractivity contribution < 1.29 is 13.5 Å². The van der Waals surface area contributed by atoms with E-state index in [0.29, 0.717) is 31.3 Å². The summed E-state index contributed by atoms with van der Waals surface area (Å²) < 4.78 is 32.5. The lowest BCUT2D eigenvalue weighted by molar-refractivity contribution is -0.0876. The average molecular weight is 385 g/mol. The van der Waals surface area contributed by atoms with Crippen LogP contribution in [0.4, 0.5) is 14.6 Å². The lowest BCUT2D eigenvalue weighted by Crippen LogP contribution is -2.44. The van der Waals surface area contributed by atoms with Gasteiger partial charge in [0, 0.05) is 54.7 Å². The summed E-state index contributed by atoms with van der Waals surface area (Å²) in [4.78, 5) is 19.1. The number of fused-ring (bicyclic) bond motifs is 1. The smallest absolute Gasteiger partial charge is 0.249 e. The molecule has 4 heterocycles. The summed E-state index contributed by atoms with van der Waals surface area (Å²) in [6.45, 7) is 4.04. The predicted octanol–water partition coefficient (Wildman–Crippen LogP) is 3.76. The van der Waals surface area contributed by atoms with Crippen molar-refractivity contribution in [2.75, 3.05) is 24.7 Å². The maximum absolute atomic E-state index is 13.5. The van der Waals surface area contributed by atoms with Crippen molar-refractivity contribution in [3.63, 3.8) is 0 Å². The topological polar surface area (TPSA) is 66.9 Å². The number of hydrogen-bond acceptors (Lipinski definition) is 5. The Hall–Kier alpha value is -2.61. The molecule has 3 aromatic rings. The molecule has 0 bridgehead atoms. The Balaban J connectivity index is 1.62. The van der Waals surface area contributed by atoms with Gasteiger partial charge in [-0.3, -0.25) is 0 Å². The van der Waals surface area contributed by atoms with E-state index in [-0.39, 0.29) is 24.8 Å². The van der Waals surface area contributed by atoms with Crippen LogP contribution < -0.4 is 4.90 Å². The SMILES string of the molecule is C[C@@H]1COCCN1c1cc(C2CC(F)(F)C2)nc(-c2ccnc3[nH]ccc23)n1. The number of aromatic nitrogens is 4. The molecule has 3 aromatic heterocycles. The van der Waals surface area contributed by atoms with E-state index >= 15 is 0 Å². The standard InChI is InChI=1S/C20H21F2N5O/c1-12-11-28-7-6-27(12)17-8-16(13-9-20(21,22)10-13)25-19(26-17)15-3-5-24-18-14(15)2-4-23-18/h2-5,8,12-13H,6-7,9-11H2,1H3,(H,23,24)/t12-/m1/s1. The molecule has 28 heavy (non-hydrogen) atoms. The lowest BCUT2D eigenvalue weighted by Gasteiger charge is -2.37. The summed E-state index contributed by atoms with van der Waals surface area (Å²) >= 11 is 0. The van der Waals surface area contributed by atoms with Crippen LogP contribution >= 0.6 is 0 Å². The third kappa shape index (κ3) is 3.01. The first kappa shape index (κ1) is 17.5. The van der Waals surface area contributed by atoms with Crippen molar-refractivity contribution in [2.24, 2.45) is 0 Å². The zero-order valence-corrected chi connectivity index (χ0v) is 15.5. The molecule has 0 radical (unpaired) electrons. The average Bonchev–Trinajstić information content (AvgIpc) is 3.15. The molecule has 1 aliphatic carbocycles. The van der Waals surface area contributed by atoms with Crippen LogP contribution in [0.3, 0.4) is 0 Å². The van der Waals surface area contributed by atoms with E-state index in [2.05, 4.69) is 21.8 Å². The molecule has 1 N–H and O–H groups in total. The van der Waals surface area contributed by atoms with Crippen LogP contribution in [-0.4, -0.2) is 51.7 Å². The molecule has 2 fully saturated rings. The van der Waals surface area contributed by atoms with E-state index < -0.39 is 5.92 Å². The number of halogens is 2. The number of aromatic amines is 1. The summed E-state index contributed by atoms with van der Waals surface area (Å²) in [7, 11) is 0. The van der Waals surface area contributed by atoms with Crippen LogP contribution in [0.25, 0.3) is 22.4 Å². The maximum atomic E-state index is 13.5. The minimum Gasteiger partial charge on any atom is -0.377 e. The molecular weight excluding hydrogens is 364 g/mol. The molecule has 0 amide bonds. The van der Waals surface area contributed by atoms with Crippen LogP contribution in [0.2, 0.25) is 0 Å². The minimum atomic E-state index is -2.59. The third-order valence-corrected chi connectivity index (χ3v) is 5.60. The second-order valence-corrected chi connectivity index (χ2v) is 7.65. The molecule has 6 nitrogen and oxygen atoms in total. The molecule has 5 rings (SSSR count). The zero-order valence-electron chi connectivity index (χ0n) is 15.5. The Labute approximate surface area is 161 Å². The Morgan fingerprint density at radius 3 is 2.89 bits per heavy atom. The highest BCUT2D eigenvalue weighted by Crippen LogP contribution is 2.48. The van der Waals surface area contributed by atoms with Crippen molar-refractivity contribution in [3.05, 3.63) is 36.3 Å². The summed E-state index contributed by atoms with van der Waals surface area (Å²) in [6.07, 6.45) is 3.22. The predicted molar refractivity (Wildman–Crippen MR) is 102 cm³/mol. The van der Waals surface area contributed by atoms with Gasteiger partial charge in [0.15, 0.2) is 5.82 Å². The molecule has 1 atom stereocenters. The van der Waals surface area contributed by atoms with E-state index in [9.17, 15) is 8.78 Å². The number of anilines is 1. The first-order valence-electron chi connectivity index (χ1n) is 9.54. The molecule has 8 heteroatoms. The summed E-state index contributed by atoms with van der Waals surface area (Å²) in [6, 6.07) is 5.84. The van der Waals surface area contributed by atoms with Crippen molar-refractivity contribution in [1.82, 2.24) is 19.9 Å². The first-order chi connectivity index (χ1) is 13.5. The van der Waals surface area contributed by atoms with Crippen LogP contribution in [0.15, 0.2) is 30.6 Å². The van der Waals surface area contributed by atoms with Gasteiger partial charge in [0.2, 0.25) is 5.92 Å². The van der Waals surface area contributed by atoms with Gasteiger partial charge in [-0.25, -0.2) is 23.7 Å². The molecule has 0 unspecified atom stereocenters. The van der Waals surface area contributed by atoms with Crippen LogP contribution in [-0.2, 0) is 4.74 Å². The van der Waals surface area contributed by atoms with Gasteiger partial charge in [-0.05, 0) is 19.1 Å². The van der Waals surface area contributed by atoms with E-state index in [1.807, 2.05) is 24.4 Å². The van der Waals surface area contributed by atoms with Crippen molar-refractivity contribution in [2.45, 2.75) is 37.6 Å². The van der Waals surface area contributed by atoms with E-state index in [1.54, 1.807) is 6.20 Å². The highest BCUT2D eigenvalue weighted by molar-refractivity contribution is 5.91. The summed E-state index contributed by atoms with van der Waals surface area (Å²) in [5, 5.41) is 0.916. The minimum absolute atomic E-state index is 0.155. The third-order valence-electron chi connectivity index (χ3n) is 5.60. The quantitative estimate of drug-likeness (QED) is 0.744. The Morgan fingerprint density at radius 2 is 2.11 bits per heavy atom. The van der Waals surface area contributed by atoms with Crippen molar-refractivity contribution in [1.29, 1.82) is 0 Å². The molecule has 146 valence electrons. The fourth-order valence-corrected chi connectivity index (χ4v) is 4.02. The molecule has 0 spiro atoms. The van der Waals surface area contributed by atoms with Gasteiger partial charge < -0.3 is 14.6 Å². The number of rotatable bonds is 3. The van der Waals surface area contributed by atoms with Gasteiger partial charge in [0.25, 0.3) is 0 Å². The molecule has 2 aliphatic rings. The number of ether oxygens (including phenoxy) is 1. The number of morpholine rings is 1. The largest absolute Gasteiger partial charge is 0.377 e. The molecule has 1 saturated carbocycles. The molecule has 1 saturated heterocycles. The van der Waals surface area contributed by atoms with E-state index in [0.717, 1.165) is 22.4 Å². The van der Waals surface area contributed by atoms with E-state index in [4.69, 9.17) is 14.7 Å². The van der Waals surface area contributed by atoms with E-state index in [1.165, 1.54) is 0 Å². The van der Waals surface area contributed by atoms with Crippen LogP contribution in [0.1, 0.15) is 31.4 Å². The lowest BCUT2D eigenvalue weighted by atomic mass is 9.79. The van der Waals surface area contributed by atoms with Gasteiger partial charge in [-0.1, -0.05) is 0 Å². The number of nitrogens with zero attached hydrogens (tertiary/aromatic N) is 4. The van der Waals surface area contributed by atoms with Gasteiger partial charge in [-0.15, -0.1) is 0 Å². The second kappa shape index (κ2) is 6.48. The van der Waals surface area contributed by atoms with Crippen molar-refractivity contribution >= 4 is 16.9 Å².